The topological polar surface area (TPSA) is 64.9 Å². The molecule has 6 heteroatoms. The van der Waals surface area contributed by atoms with Gasteiger partial charge < -0.3 is 5.32 Å². The lowest BCUT2D eigenvalue weighted by Gasteiger charge is -2.19. The van der Waals surface area contributed by atoms with E-state index in [2.05, 4.69) is 60.9 Å². The highest BCUT2D eigenvalue weighted by Crippen LogP contribution is 2.28. The zero-order chi connectivity index (χ0) is 19.9. The molecule has 0 aliphatic carbocycles. The van der Waals surface area contributed by atoms with Crippen molar-refractivity contribution >= 4 is 33.6 Å². The number of benzene rings is 1. The number of nitrogens with zero attached hydrogens (tertiary/aromatic N) is 1. The molecule has 0 saturated carbocycles. The lowest BCUT2D eigenvalue weighted by atomic mass is 9.95. The van der Waals surface area contributed by atoms with Crippen molar-refractivity contribution in [2.75, 3.05) is 11.9 Å². The molecule has 0 fully saturated rings. The minimum absolute atomic E-state index is 0.0458. The molecule has 0 saturated heterocycles. The van der Waals surface area contributed by atoms with Crippen LogP contribution < -0.4 is 10.6 Å². The quantitative estimate of drug-likeness (QED) is 0.515. The number of amides is 1. The Morgan fingerprint density at radius 2 is 1.86 bits per heavy atom. The van der Waals surface area contributed by atoms with Gasteiger partial charge in [-0.3, -0.25) is 10.1 Å². The Bertz CT molecular complexity index is 939. The summed E-state index contributed by atoms with van der Waals surface area (Å²) in [5, 5.41) is 19.7. The van der Waals surface area contributed by atoms with Crippen LogP contribution in [0, 0.1) is 11.3 Å². The molecule has 144 valence electrons. The van der Waals surface area contributed by atoms with Crippen LogP contribution in [0.4, 0.5) is 5.00 Å². The summed E-state index contributed by atoms with van der Waals surface area (Å²) in [5.41, 5.74) is 2.96. The van der Waals surface area contributed by atoms with Gasteiger partial charge in [0.15, 0.2) is 0 Å². The number of anilines is 1. The molecule has 2 N–H and O–H groups in total. The van der Waals surface area contributed by atoms with Crippen molar-refractivity contribution < 1.29 is 4.79 Å². The van der Waals surface area contributed by atoms with E-state index in [1.165, 1.54) is 16.9 Å². The SMILES string of the molecule is CC[C@H](C)c1ccc([C@@H](NCC(=O)Nc2sccc2C#N)c2cccs2)cc1. The van der Waals surface area contributed by atoms with Gasteiger partial charge in [-0.05, 0) is 46.4 Å². The number of hydrogen-bond donors (Lipinski definition) is 2. The summed E-state index contributed by atoms with van der Waals surface area (Å²) in [6, 6.07) is 16.5. The molecule has 4 nitrogen and oxygen atoms in total. The largest absolute Gasteiger partial charge is 0.315 e. The second-order valence-electron chi connectivity index (χ2n) is 6.63. The maximum absolute atomic E-state index is 12.4. The number of nitriles is 1. The van der Waals surface area contributed by atoms with Gasteiger partial charge in [0.2, 0.25) is 5.91 Å². The molecule has 0 aliphatic rings. The fraction of sp³-hybridized carbons (Fsp3) is 0.273. The van der Waals surface area contributed by atoms with Crippen molar-refractivity contribution in [1.82, 2.24) is 5.32 Å². The first-order valence-corrected chi connectivity index (χ1v) is 11.0. The van der Waals surface area contributed by atoms with Crippen LogP contribution in [0.2, 0.25) is 0 Å². The van der Waals surface area contributed by atoms with Gasteiger partial charge in [0.05, 0.1) is 18.2 Å². The molecule has 2 atom stereocenters. The van der Waals surface area contributed by atoms with E-state index in [0.29, 0.717) is 16.5 Å². The zero-order valence-electron chi connectivity index (χ0n) is 15.9. The third-order valence-corrected chi connectivity index (χ3v) is 6.55. The monoisotopic (exact) mass is 409 g/mol. The van der Waals surface area contributed by atoms with E-state index >= 15 is 0 Å². The van der Waals surface area contributed by atoms with Crippen molar-refractivity contribution in [2.24, 2.45) is 0 Å². The highest BCUT2D eigenvalue weighted by molar-refractivity contribution is 7.14. The third kappa shape index (κ3) is 4.87. The van der Waals surface area contributed by atoms with Crippen LogP contribution in [0.3, 0.4) is 0 Å². The minimum atomic E-state index is -0.156. The molecule has 1 aromatic carbocycles. The van der Waals surface area contributed by atoms with Crippen molar-refractivity contribution in [3.05, 3.63) is 74.8 Å². The Morgan fingerprint density at radius 3 is 2.50 bits per heavy atom. The van der Waals surface area contributed by atoms with Gasteiger partial charge >= 0.3 is 0 Å². The first-order chi connectivity index (χ1) is 13.6. The maximum atomic E-state index is 12.4. The van der Waals surface area contributed by atoms with Crippen molar-refractivity contribution in [3.63, 3.8) is 0 Å². The van der Waals surface area contributed by atoms with Gasteiger partial charge in [-0.1, -0.05) is 44.2 Å². The number of carbonyl (C=O) groups excluding carboxylic acids is 1. The van der Waals surface area contributed by atoms with Gasteiger partial charge in [0.25, 0.3) is 0 Å². The second kappa shape index (κ2) is 9.65. The summed E-state index contributed by atoms with van der Waals surface area (Å²) in [4.78, 5) is 13.6. The summed E-state index contributed by atoms with van der Waals surface area (Å²) < 4.78 is 0. The van der Waals surface area contributed by atoms with Crippen molar-refractivity contribution in [3.8, 4) is 6.07 Å². The van der Waals surface area contributed by atoms with Crippen LogP contribution in [0.1, 0.15) is 53.8 Å². The van der Waals surface area contributed by atoms with Crippen LogP contribution >= 0.6 is 22.7 Å². The molecule has 3 rings (SSSR count). The number of thiophene rings is 2. The van der Waals surface area contributed by atoms with Gasteiger partial charge in [0, 0.05) is 4.88 Å². The fourth-order valence-electron chi connectivity index (χ4n) is 2.95. The smallest absolute Gasteiger partial charge is 0.238 e. The number of carbonyl (C=O) groups is 1. The molecule has 0 radical (unpaired) electrons. The lowest BCUT2D eigenvalue weighted by Crippen LogP contribution is -2.31. The van der Waals surface area contributed by atoms with E-state index < -0.39 is 0 Å². The summed E-state index contributed by atoms with van der Waals surface area (Å²) in [6.45, 7) is 4.59. The molecule has 0 unspecified atom stereocenters. The van der Waals surface area contributed by atoms with E-state index in [0.717, 1.165) is 16.9 Å². The van der Waals surface area contributed by atoms with Gasteiger partial charge in [-0.15, -0.1) is 22.7 Å². The second-order valence-corrected chi connectivity index (χ2v) is 8.52. The van der Waals surface area contributed by atoms with Crippen LogP contribution in [-0.2, 0) is 4.79 Å². The minimum Gasteiger partial charge on any atom is -0.315 e. The standard InChI is InChI=1S/C22H23N3OS2/c1-3-15(2)16-6-8-17(9-7-16)21(19-5-4-11-27-19)24-14-20(26)25-22-18(13-23)10-12-28-22/h4-12,15,21,24H,3,14H2,1-2H3,(H,25,26)/t15-,21+/m0/s1. The predicted molar refractivity (Wildman–Crippen MR) is 117 cm³/mol. The van der Waals surface area contributed by atoms with Gasteiger partial charge in [-0.2, -0.15) is 5.26 Å². The summed E-state index contributed by atoms with van der Waals surface area (Å²) in [7, 11) is 0. The highest BCUT2D eigenvalue weighted by atomic mass is 32.1. The highest BCUT2D eigenvalue weighted by Gasteiger charge is 2.17. The first-order valence-electron chi connectivity index (χ1n) is 9.26. The Labute approximate surface area is 173 Å². The van der Waals surface area contributed by atoms with Crippen LogP contribution in [0.25, 0.3) is 0 Å². The first kappa shape index (κ1) is 20.3. The summed E-state index contributed by atoms with van der Waals surface area (Å²) >= 11 is 3.03. The number of hydrogen-bond acceptors (Lipinski definition) is 5. The summed E-state index contributed by atoms with van der Waals surface area (Å²) in [6.07, 6.45) is 1.11. The Balaban J connectivity index is 1.71. The Morgan fingerprint density at radius 1 is 1.11 bits per heavy atom. The Kier molecular flexibility index (Phi) is 6.99. The Hall–Kier alpha value is -2.46. The molecule has 0 aliphatic heterocycles. The van der Waals surface area contributed by atoms with Crippen LogP contribution in [0.15, 0.2) is 53.2 Å². The molecule has 2 heterocycles. The van der Waals surface area contributed by atoms with Gasteiger partial charge in [0.1, 0.15) is 11.1 Å². The van der Waals surface area contributed by atoms with Crippen molar-refractivity contribution in [2.45, 2.75) is 32.2 Å². The number of rotatable bonds is 8. The average Bonchev–Trinajstić information content (AvgIpc) is 3.40. The normalized spacial score (nSPS) is 12.9. The molecule has 2 aromatic heterocycles. The van der Waals surface area contributed by atoms with Crippen LogP contribution in [0.5, 0.6) is 0 Å². The predicted octanol–water partition coefficient (Wildman–Crippen LogP) is 5.51. The van der Waals surface area contributed by atoms with Gasteiger partial charge in [-0.25, -0.2) is 0 Å². The molecular formula is C22H23N3OS2. The average molecular weight is 410 g/mol. The molecule has 28 heavy (non-hydrogen) atoms. The fourth-order valence-corrected chi connectivity index (χ4v) is 4.53. The van der Waals surface area contributed by atoms with Crippen LogP contribution in [-0.4, -0.2) is 12.5 Å². The number of nitrogens with one attached hydrogen (secondary N) is 2. The molecule has 0 bridgehead atoms. The van der Waals surface area contributed by atoms with E-state index in [4.69, 9.17) is 5.26 Å². The third-order valence-electron chi connectivity index (χ3n) is 4.78. The zero-order valence-corrected chi connectivity index (χ0v) is 17.6. The molecule has 3 aromatic rings. The lowest BCUT2D eigenvalue weighted by molar-refractivity contribution is -0.115. The molecule has 0 spiro atoms. The van der Waals surface area contributed by atoms with E-state index in [-0.39, 0.29) is 18.5 Å². The van der Waals surface area contributed by atoms with E-state index in [1.807, 2.05) is 11.4 Å². The maximum Gasteiger partial charge on any atom is 0.238 e. The molecular weight excluding hydrogens is 386 g/mol. The summed E-state index contributed by atoms with van der Waals surface area (Å²) in [5.74, 6) is 0.379. The van der Waals surface area contributed by atoms with E-state index in [9.17, 15) is 4.79 Å². The molecule has 1 amide bonds. The van der Waals surface area contributed by atoms with E-state index in [1.54, 1.807) is 22.8 Å². The van der Waals surface area contributed by atoms with Crippen molar-refractivity contribution in [1.29, 1.82) is 5.26 Å².